The van der Waals surface area contributed by atoms with E-state index in [4.69, 9.17) is 5.11 Å². The van der Waals surface area contributed by atoms with Crippen LogP contribution in [0.4, 0.5) is 13.2 Å². The SMILES string of the molecule is C[C@H](O)CNC(=O)C1CC(=O)N(CC(F)(F)F)C1. The second-order valence-corrected chi connectivity index (χ2v) is 4.38. The zero-order valence-corrected chi connectivity index (χ0v) is 9.83. The molecule has 1 rings (SSSR count). The first-order chi connectivity index (χ1) is 8.19. The van der Waals surface area contributed by atoms with Crippen molar-refractivity contribution in [3.8, 4) is 0 Å². The summed E-state index contributed by atoms with van der Waals surface area (Å²) >= 11 is 0. The maximum absolute atomic E-state index is 12.1. The highest BCUT2D eigenvalue weighted by atomic mass is 19.4. The van der Waals surface area contributed by atoms with Crippen molar-refractivity contribution < 1.29 is 27.9 Å². The first-order valence-corrected chi connectivity index (χ1v) is 5.49. The maximum atomic E-state index is 12.1. The average molecular weight is 268 g/mol. The van der Waals surface area contributed by atoms with Gasteiger partial charge >= 0.3 is 6.18 Å². The van der Waals surface area contributed by atoms with Crippen molar-refractivity contribution in [2.24, 2.45) is 5.92 Å². The van der Waals surface area contributed by atoms with E-state index in [0.717, 1.165) is 0 Å². The lowest BCUT2D eigenvalue weighted by molar-refractivity contribution is -0.157. The number of aliphatic hydroxyl groups is 1. The molecular weight excluding hydrogens is 253 g/mol. The van der Waals surface area contributed by atoms with E-state index in [1.807, 2.05) is 0 Å². The zero-order chi connectivity index (χ0) is 13.9. The molecule has 1 heterocycles. The Morgan fingerprint density at radius 3 is 2.72 bits per heavy atom. The summed E-state index contributed by atoms with van der Waals surface area (Å²) in [5, 5.41) is 11.3. The minimum atomic E-state index is -4.46. The average Bonchev–Trinajstić information content (AvgIpc) is 2.54. The Morgan fingerprint density at radius 1 is 1.61 bits per heavy atom. The Labute approximate surface area is 102 Å². The molecule has 0 aromatic carbocycles. The van der Waals surface area contributed by atoms with Gasteiger partial charge in [-0.05, 0) is 6.92 Å². The standard InChI is InChI=1S/C10H15F3N2O3/c1-6(16)3-14-9(18)7-2-8(17)15(4-7)5-10(11,12)13/h6-7,16H,2-5H2,1H3,(H,14,18)/t6-,7?/m0/s1. The Morgan fingerprint density at radius 2 is 2.22 bits per heavy atom. The molecular formula is C10H15F3N2O3. The molecule has 8 heteroatoms. The lowest BCUT2D eigenvalue weighted by atomic mass is 10.1. The van der Waals surface area contributed by atoms with Gasteiger partial charge in [-0.3, -0.25) is 9.59 Å². The fourth-order valence-corrected chi connectivity index (χ4v) is 1.71. The second-order valence-electron chi connectivity index (χ2n) is 4.38. The van der Waals surface area contributed by atoms with Crippen molar-refractivity contribution in [2.75, 3.05) is 19.6 Å². The van der Waals surface area contributed by atoms with Gasteiger partial charge in [-0.15, -0.1) is 0 Å². The molecule has 1 saturated heterocycles. The number of nitrogens with one attached hydrogen (secondary N) is 1. The van der Waals surface area contributed by atoms with E-state index in [1.165, 1.54) is 6.92 Å². The fourth-order valence-electron chi connectivity index (χ4n) is 1.71. The highest BCUT2D eigenvalue weighted by molar-refractivity contribution is 5.89. The second kappa shape index (κ2) is 5.55. The van der Waals surface area contributed by atoms with Crippen LogP contribution in [0.1, 0.15) is 13.3 Å². The quantitative estimate of drug-likeness (QED) is 0.747. The van der Waals surface area contributed by atoms with Crippen molar-refractivity contribution in [2.45, 2.75) is 25.6 Å². The van der Waals surface area contributed by atoms with Crippen LogP contribution in [0.25, 0.3) is 0 Å². The minimum Gasteiger partial charge on any atom is -0.392 e. The van der Waals surface area contributed by atoms with Crippen molar-refractivity contribution in [1.29, 1.82) is 0 Å². The van der Waals surface area contributed by atoms with E-state index in [2.05, 4.69) is 5.32 Å². The highest BCUT2D eigenvalue weighted by Crippen LogP contribution is 2.23. The van der Waals surface area contributed by atoms with Crippen molar-refractivity contribution in [1.82, 2.24) is 10.2 Å². The molecule has 2 amide bonds. The van der Waals surface area contributed by atoms with Gasteiger partial charge < -0.3 is 15.3 Å². The monoisotopic (exact) mass is 268 g/mol. The number of carbonyl (C=O) groups is 2. The summed E-state index contributed by atoms with van der Waals surface area (Å²) in [4.78, 5) is 23.5. The summed E-state index contributed by atoms with van der Waals surface area (Å²) in [5.41, 5.74) is 0. The van der Waals surface area contributed by atoms with Crippen molar-refractivity contribution >= 4 is 11.8 Å². The van der Waals surface area contributed by atoms with Crippen molar-refractivity contribution in [3.05, 3.63) is 0 Å². The molecule has 0 bridgehead atoms. The van der Waals surface area contributed by atoms with Crippen LogP contribution in [-0.4, -0.2) is 53.7 Å². The molecule has 0 spiro atoms. The normalized spacial score (nSPS) is 22.2. The first-order valence-electron chi connectivity index (χ1n) is 5.49. The number of carbonyl (C=O) groups excluding carboxylic acids is 2. The Hall–Kier alpha value is -1.31. The van der Waals surface area contributed by atoms with Crippen LogP contribution in [0.5, 0.6) is 0 Å². The van der Waals surface area contributed by atoms with E-state index >= 15 is 0 Å². The third-order valence-electron chi connectivity index (χ3n) is 2.53. The van der Waals surface area contributed by atoms with Gasteiger partial charge in [0, 0.05) is 19.5 Å². The summed E-state index contributed by atoms with van der Waals surface area (Å²) in [6, 6.07) is 0. The molecule has 0 aliphatic carbocycles. The van der Waals surface area contributed by atoms with Crippen LogP contribution in [0, 0.1) is 5.92 Å². The summed E-state index contributed by atoms with van der Waals surface area (Å²) in [6.07, 6.45) is -5.42. The summed E-state index contributed by atoms with van der Waals surface area (Å²) in [7, 11) is 0. The largest absolute Gasteiger partial charge is 0.406 e. The Bertz CT molecular complexity index is 331. The van der Waals surface area contributed by atoms with Crippen LogP contribution >= 0.6 is 0 Å². The number of aliphatic hydroxyl groups excluding tert-OH is 1. The minimum absolute atomic E-state index is 0.0167. The van der Waals surface area contributed by atoms with E-state index in [-0.39, 0.29) is 19.5 Å². The van der Waals surface area contributed by atoms with Crippen molar-refractivity contribution in [3.63, 3.8) is 0 Å². The van der Waals surface area contributed by atoms with Gasteiger partial charge in [0.25, 0.3) is 0 Å². The summed E-state index contributed by atoms with van der Waals surface area (Å²) in [6.45, 7) is -0.0746. The van der Waals surface area contributed by atoms with Gasteiger partial charge in [0.2, 0.25) is 11.8 Å². The molecule has 2 N–H and O–H groups in total. The number of amides is 2. The van der Waals surface area contributed by atoms with Gasteiger partial charge in [0.1, 0.15) is 6.54 Å². The number of nitrogens with zero attached hydrogens (tertiary/aromatic N) is 1. The van der Waals surface area contributed by atoms with Crippen LogP contribution in [-0.2, 0) is 9.59 Å². The van der Waals surface area contributed by atoms with Gasteiger partial charge in [-0.1, -0.05) is 0 Å². The molecule has 5 nitrogen and oxygen atoms in total. The Balaban J connectivity index is 2.48. The predicted octanol–water partition coefficient (Wildman–Crippen LogP) is -0.106. The van der Waals surface area contributed by atoms with E-state index in [9.17, 15) is 22.8 Å². The lowest BCUT2D eigenvalue weighted by Crippen LogP contribution is -2.38. The van der Waals surface area contributed by atoms with Crippen LogP contribution in [0.3, 0.4) is 0 Å². The van der Waals surface area contributed by atoms with Gasteiger partial charge in [-0.25, -0.2) is 0 Å². The topological polar surface area (TPSA) is 69.6 Å². The predicted molar refractivity (Wildman–Crippen MR) is 55.4 cm³/mol. The summed E-state index contributed by atoms with van der Waals surface area (Å²) < 4.78 is 36.4. The number of hydrogen-bond acceptors (Lipinski definition) is 3. The molecule has 1 unspecified atom stereocenters. The zero-order valence-electron chi connectivity index (χ0n) is 9.83. The third kappa shape index (κ3) is 4.52. The van der Waals surface area contributed by atoms with Gasteiger partial charge in [0.05, 0.1) is 12.0 Å². The highest BCUT2D eigenvalue weighted by Gasteiger charge is 2.40. The van der Waals surface area contributed by atoms with E-state index < -0.39 is 36.6 Å². The summed E-state index contributed by atoms with van der Waals surface area (Å²) in [5.74, 6) is -1.96. The Kier molecular flexibility index (Phi) is 4.55. The molecule has 1 aliphatic rings. The number of halogens is 3. The molecule has 1 aliphatic heterocycles. The van der Waals surface area contributed by atoms with Crippen LogP contribution in [0.15, 0.2) is 0 Å². The van der Waals surface area contributed by atoms with Crippen LogP contribution in [0.2, 0.25) is 0 Å². The van der Waals surface area contributed by atoms with Crippen LogP contribution < -0.4 is 5.32 Å². The molecule has 0 aromatic rings. The van der Waals surface area contributed by atoms with Gasteiger partial charge in [-0.2, -0.15) is 13.2 Å². The van der Waals surface area contributed by atoms with E-state index in [1.54, 1.807) is 0 Å². The maximum Gasteiger partial charge on any atom is 0.406 e. The molecule has 18 heavy (non-hydrogen) atoms. The number of alkyl halides is 3. The molecule has 2 atom stereocenters. The molecule has 0 radical (unpaired) electrons. The number of likely N-dealkylation sites (tertiary alicyclic amines) is 1. The van der Waals surface area contributed by atoms with Gasteiger partial charge in [0.15, 0.2) is 0 Å². The molecule has 0 aromatic heterocycles. The fraction of sp³-hybridized carbons (Fsp3) is 0.800. The first kappa shape index (κ1) is 14.7. The molecule has 1 fully saturated rings. The number of hydrogen-bond donors (Lipinski definition) is 2. The smallest absolute Gasteiger partial charge is 0.392 e. The third-order valence-corrected chi connectivity index (χ3v) is 2.53. The number of rotatable bonds is 4. The lowest BCUT2D eigenvalue weighted by Gasteiger charge is -2.18. The molecule has 0 saturated carbocycles. The molecule has 104 valence electrons. The van der Waals surface area contributed by atoms with E-state index in [0.29, 0.717) is 4.90 Å².